The molecule has 1 aromatic carbocycles. The number of hydrogen-bond donors (Lipinski definition) is 0. The van der Waals surface area contributed by atoms with Gasteiger partial charge in [0, 0.05) is 11.9 Å². The van der Waals surface area contributed by atoms with Crippen LogP contribution in [0.4, 0.5) is 0 Å². The minimum atomic E-state index is -0.284. The van der Waals surface area contributed by atoms with E-state index in [0.29, 0.717) is 5.02 Å². The standard InChI is InChI=1S/C11H11ClO2/c1-9(13)14-8-4-6-10-5-2-3-7-11(10)12/h2-7H,8H2,1H3/b6-4+. The number of benzene rings is 1. The molecule has 0 spiro atoms. The van der Waals surface area contributed by atoms with Crippen molar-refractivity contribution < 1.29 is 9.53 Å². The number of hydrogen-bond acceptors (Lipinski definition) is 2. The predicted octanol–water partition coefficient (Wildman–Crippen LogP) is 2.92. The van der Waals surface area contributed by atoms with Crippen molar-refractivity contribution in [2.45, 2.75) is 6.92 Å². The maximum atomic E-state index is 10.4. The third-order valence-electron chi connectivity index (χ3n) is 1.59. The van der Waals surface area contributed by atoms with Crippen LogP contribution >= 0.6 is 11.6 Å². The van der Waals surface area contributed by atoms with Crippen molar-refractivity contribution in [2.75, 3.05) is 6.61 Å². The molecule has 0 radical (unpaired) electrons. The average molecular weight is 211 g/mol. The molecule has 0 atom stereocenters. The van der Waals surface area contributed by atoms with Crippen LogP contribution in [0.2, 0.25) is 5.02 Å². The van der Waals surface area contributed by atoms with Crippen LogP contribution < -0.4 is 0 Å². The lowest BCUT2D eigenvalue weighted by atomic mass is 10.2. The summed E-state index contributed by atoms with van der Waals surface area (Å²) in [6, 6.07) is 7.47. The Kier molecular flexibility index (Phi) is 4.20. The molecule has 0 aliphatic carbocycles. The molecule has 3 heteroatoms. The fourth-order valence-corrected chi connectivity index (χ4v) is 1.15. The SMILES string of the molecule is CC(=O)OC/C=C/c1ccccc1Cl. The first kappa shape index (κ1) is 10.8. The summed E-state index contributed by atoms with van der Waals surface area (Å²) in [4.78, 5) is 10.4. The Morgan fingerprint density at radius 2 is 2.21 bits per heavy atom. The third-order valence-corrected chi connectivity index (χ3v) is 1.93. The first-order chi connectivity index (χ1) is 6.70. The fraction of sp³-hybridized carbons (Fsp3) is 0.182. The minimum Gasteiger partial charge on any atom is -0.462 e. The van der Waals surface area contributed by atoms with Gasteiger partial charge in [0.05, 0.1) is 0 Å². The van der Waals surface area contributed by atoms with Crippen molar-refractivity contribution in [1.29, 1.82) is 0 Å². The number of carbonyl (C=O) groups is 1. The van der Waals surface area contributed by atoms with Crippen molar-refractivity contribution in [3.05, 3.63) is 40.9 Å². The van der Waals surface area contributed by atoms with E-state index in [9.17, 15) is 4.79 Å². The Labute approximate surface area is 88.1 Å². The summed E-state index contributed by atoms with van der Waals surface area (Å²) >= 11 is 5.91. The third kappa shape index (κ3) is 3.62. The second-order valence-electron chi connectivity index (χ2n) is 2.73. The molecule has 0 bridgehead atoms. The summed E-state index contributed by atoms with van der Waals surface area (Å²) in [5, 5.41) is 0.687. The summed E-state index contributed by atoms with van der Waals surface area (Å²) in [5.74, 6) is -0.284. The lowest BCUT2D eigenvalue weighted by Gasteiger charge is -1.97. The molecule has 0 saturated heterocycles. The molecule has 0 saturated carbocycles. The number of ether oxygens (including phenoxy) is 1. The van der Waals surface area contributed by atoms with Gasteiger partial charge in [-0.3, -0.25) is 4.79 Å². The Bertz CT molecular complexity index is 345. The molecular formula is C11H11ClO2. The lowest BCUT2D eigenvalue weighted by Crippen LogP contribution is -1.97. The predicted molar refractivity (Wildman–Crippen MR) is 57.1 cm³/mol. The second-order valence-corrected chi connectivity index (χ2v) is 3.13. The number of esters is 1. The monoisotopic (exact) mass is 210 g/mol. The molecule has 2 nitrogen and oxygen atoms in total. The maximum Gasteiger partial charge on any atom is 0.302 e. The highest BCUT2D eigenvalue weighted by Crippen LogP contribution is 2.15. The van der Waals surface area contributed by atoms with Crippen molar-refractivity contribution >= 4 is 23.6 Å². The number of carbonyl (C=O) groups excluding carboxylic acids is 1. The highest BCUT2D eigenvalue weighted by atomic mass is 35.5. The molecule has 0 aromatic heterocycles. The maximum absolute atomic E-state index is 10.4. The van der Waals surface area contributed by atoms with Crippen molar-refractivity contribution in [1.82, 2.24) is 0 Å². The van der Waals surface area contributed by atoms with Crippen LogP contribution in [-0.4, -0.2) is 12.6 Å². The zero-order chi connectivity index (χ0) is 10.4. The van der Waals surface area contributed by atoms with E-state index < -0.39 is 0 Å². The second kappa shape index (κ2) is 5.45. The van der Waals surface area contributed by atoms with E-state index in [4.69, 9.17) is 16.3 Å². The van der Waals surface area contributed by atoms with E-state index in [1.54, 1.807) is 6.08 Å². The molecule has 0 heterocycles. The van der Waals surface area contributed by atoms with E-state index in [2.05, 4.69) is 0 Å². The summed E-state index contributed by atoms with van der Waals surface area (Å²) in [6.45, 7) is 1.66. The van der Waals surface area contributed by atoms with E-state index in [0.717, 1.165) is 5.56 Å². The van der Waals surface area contributed by atoms with Crippen LogP contribution in [0.3, 0.4) is 0 Å². The van der Waals surface area contributed by atoms with E-state index in [1.165, 1.54) is 6.92 Å². The van der Waals surface area contributed by atoms with Crippen LogP contribution in [0, 0.1) is 0 Å². The van der Waals surface area contributed by atoms with Gasteiger partial charge in [-0.2, -0.15) is 0 Å². The Balaban J connectivity index is 2.52. The van der Waals surface area contributed by atoms with E-state index in [-0.39, 0.29) is 12.6 Å². The van der Waals surface area contributed by atoms with Gasteiger partial charge in [0.15, 0.2) is 0 Å². The van der Waals surface area contributed by atoms with Crippen LogP contribution in [0.5, 0.6) is 0 Å². The molecule has 14 heavy (non-hydrogen) atoms. The molecule has 0 fully saturated rings. The largest absolute Gasteiger partial charge is 0.462 e. The molecule has 0 aliphatic heterocycles. The van der Waals surface area contributed by atoms with Crippen molar-refractivity contribution in [2.24, 2.45) is 0 Å². The van der Waals surface area contributed by atoms with E-state index >= 15 is 0 Å². The van der Waals surface area contributed by atoms with Gasteiger partial charge in [-0.25, -0.2) is 0 Å². The van der Waals surface area contributed by atoms with Crippen LogP contribution in [0.1, 0.15) is 12.5 Å². The van der Waals surface area contributed by atoms with Crippen molar-refractivity contribution in [3.8, 4) is 0 Å². The highest BCUT2D eigenvalue weighted by molar-refractivity contribution is 6.32. The smallest absolute Gasteiger partial charge is 0.302 e. The number of halogens is 1. The summed E-state index contributed by atoms with van der Waals surface area (Å²) in [5.41, 5.74) is 0.918. The molecule has 0 amide bonds. The summed E-state index contributed by atoms with van der Waals surface area (Å²) in [6.07, 6.45) is 3.58. The first-order valence-corrected chi connectivity index (χ1v) is 4.62. The molecule has 1 rings (SSSR count). The van der Waals surface area contributed by atoms with Gasteiger partial charge < -0.3 is 4.74 Å². The average Bonchev–Trinajstić information content (AvgIpc) is 2.15. The van der Waals surface area contributed by atoms with Crippen LogP contribution in [-0.2, 0) is 9.53 Å². The van der Waals surface area contributed by atoms with Crippen LogP contribution in [0.15, 0.2) is 30.3 Å². The Morgan fingerprint density at radius 1 is 1.50 bits per heavy atom. The zero-order valence-corrected chi connectivity index (χ0v) is 8.62. The fourth-order valence-electron chi connectivity index (χ4n) is 0.951. The minimum absolute atomic E-state index is 0.278. The van der Waals surface area contributed by atoms with Crippen LogP contribution in [0.25, 0.3) is 6.08 Å². The summed E-state index contributed by atoms with van der Waals surface area (Å²) in [7, 11) is 0. The molecule has 74 valence electrons. The molecular weight excluding hydrogens is 200 g/mol. The topological polar surface area (TPSA) is 26.3 Å². The normalized spacial score (nSPS) is 10.4. The summed E-state index contributed by atoms with van der Waals surface area (Å²) < 4.78 is 4.73. The van der Waals surface area contributed by atoms with Gasteiger partial charge in [-0.15, -0.1) is 0 Å². The van der Waals surface area contributed by atoms with E-state index in [1.807, 2.05) is 30.3 Å². The van der Waals surface area contributed by atoms with Gasteiger partial charge in [0.1, 0.15) is 6.61 Å². The van der Waals surface area contributed by atoms with Gasteiger partial charge in [-0.1, -0.05) is 35.9 Å². The molecule has 1 aromatic rings. The quantitative estimate of drug-likeness (QED) is 0.718. The molecule has 0 aliphatic rings. The van der Waals surface area contributed by atoms with Gasteiger partial charge in [0.25, 0.3) is 0 Å². The van der Waals surface area contributed by atoms with Crippen molar-refractivity contribution in [3.63, 3.8) is 0 Å². The van der Waals surface area contributed by atoms with Gasteiger partial charge in [-0.05, 0) is 17.7 Å². The first-order valence-electron chi connectivity index (χ1n) is 4.24. The highest BCUT2D eigenvalue weighted by Gasteiger charge is 1.93. The molecule has 0 N–H and O–H groups in total. The molecule has 0 unspecified atom stereocenters. The zero-order valence-electron chi connectivity index (χ0n) is 7.87. The number of rotatable bonds is 3. The Hall–Kier alpha value is -1.28. The van der Waals surface area contributed by atoms with Gasteiger partial charge >= 0.3 is 5.97 Å². The van der Waals surface area contributed by atoms with Gasteiger partial charge in [0.2, 0.25) is 0 Å². The lowest BCUT2D eigenvalue weighted by molar-refractivity contribution is -0.139. The Morgan fingerprint density at radius 3 is 2.86 bits per heavy atom.